The summed E-state index contributed by atoms with van der Waals surface area (Å²) in [6, 6.07) is -2.46. The molecule has 0 radical (unpaired) electrons. The van der Waals surface area contributed by atoms with Crippen molar-refractivity contribution in [1.29, 1.82) is 0 Å². The zero-order valence-corrected chi connectivity index (χ0v) is 9.97. The smallest absolute Gasteiger partial charge is 0.326 e. The Bertz CT molecular complexity index is 361. The number of carboxylic acid groups (broad SMARTS) is 2. The molecule has 7 nitrogen and oxygen atoms in total. The first-order valence-electron chi connectivity index (χ1n) is 5.38. The zero-order valence-electron chi connectivity index (χ0n) is 9.97. The van der Waals surface area contributed by atoms with E-state index in [0.717, 1.165) is 0 Å². The van der Waals surface area contributed by atoms with Crippen molar-refractivity contribution in [2.45, 2.75) is 38.3 Å². The topological polar surface area (TPSA) is 116 Å². The first-order chi connectivity index (χ1) is 8.40. The first-order valence-corrected chi connectivity index (χ1v) is 5.38. The number of urea groups is 1. The largest absolute Gasteiger partial charge is 0.481 e. The van der Waals surface area contributed by atoms with Crippen LogP contribution in [0.25, 0.3) is 0 Å². The number of carboxylic acids is 2. The van der Waals surface area contributed by atoms with Crippen LogP contribution < -0.4 is 10.6 Å². The number of rotatable bonds is 7. The molecule has 0 rings (SSSR count). The predicted molar refractivity (Wildman–Crippen MR) is 62.9 cm³/mol. The summed E-state index contributed by atoms with van der Waals surface area (Å²) in [5.74, 6) is -0.0960. The van der Waals surface area contributed by atoms with Gasteiger partial charge in [0, 0.05) is 6.42 Å². The van der Waals surface area contributed by atoms with E-state index in [2.05, 4.69) is 16.6 Å². The van der Waals surface area contributed by atoms with Crippen molar-refractivity contribution in [2.75, 3.05) is 0 Å². The number of hydrogen-bond acceptors (Lipinski definition) is 3. The highest BCUT2D eigenvalue weighted by molar-refractivity contribution is 5.83. The highest BCUT2D eigenvalue weighted by atomic mass is 16.4. The van der Waals surface area contributed by atoms with Crippen molar-refractivity contribution in [3.05, 3.63) is 0 Å². The lowest BCUT2D eigenvalue weighted by molar-refractivity contribution is -0.140. The Kier molecular flexibility index (Phi) is 6.96. The molecular formula is C11H16N2O5. The Morgan fingerprint density at radius 2 is 1.89 bits per heavy atom. The van der Waals surface area contributed by atoms with Crippen LogP contribution in [0.1, 0.15) is 26.2 Å². The van der Waals surface area contributed by atoms with Gasteiger partial charge in [-0.05, 0) is 12.8 Å². The number of amides is 2. The van der Waals surface area contributed by atoms with Gasteiger partial charge in [-0.15, -0.1) is 6.42 Å². The second kappa shape index (κ2) is 7.95. The van der Waals surface area contributed by atoms with Crippen LogP contribution in [-0.2, 0) is 9.59 Å². The van der Waals surface area contributed by atoms with E-state index < -0.39 is 30.1 Å². The van der Waals surface area contributed by atoms with Gasteiger partial charge in [0.15, 0.2) is 0 Å². The Morgan fingerprint density at radius 1 is 1.28 bits per heavy atom. The van der Waals surface area contributed by atoms with E-state index in [-0.39, 0.29) is 12.8 Å². The van der Waals surface area contributed by atoms with Gasteiger partial charge in [0.25, 0.3) is 0 Å². The number of hydrogen-bond donors (Lipinski definition) is 4. The van der Waals surface area contributed by atoms with Crippen molar-refractivity contribution in [3.63, 3.8) is 0 Å². The van der Waals surface area contributed by atoms with Crippen LogP contribution in [0.15, 0.2) is 0 Å². The first kappa shape index (κ1) is 15.8. The molecule has 0 heterocycles. The average Bonchev–Trinajstić information content (AvgIpc) is 2.30. The maximum atomic E-state index is 11.4. The second-order valence-corrected chi connectivity index (χ2v) is 3.57. The van der Waals surface area contributed by atoms with Crippen LogP contribution in [0, 0.1) is 12.3 Å². The van der Waals surface area contributed by atoms with Gasteiger partial charge in [-0.2, -0.15) is 0 Å². The number of carbonyl (C=O) groups excluding carboxylic acids is 1. The Hall–Kier alpha value is -2.23. The van der Waals surface area contributed by atoms with Gasteiger partial charge in [-0.3, -0.25) is 4.79 Å². The van der Waals surface area contributed by atoms with Crippen molar-refractivity contribution in [3.8, 4) is 12.3 Å². The molecule has 4 N–H and O–H groups in total. The van der Waals surface area contributed by atoms with Gasteiger partial charge in [-0.1, -0.05) is 12.8 Å². The molecule has 7 heteroatoms. The summed E-state index contributed by atoms with van der Waals surface area (Å²) in [5, 5.41) is 21.8. The molecule has 2 amide bonds. The molecule has 0 aromatic heterocycles. The van der Waals surface area contributed by atoms with Crippen molar-refractivity contribution >= 4 is 18.0 Å². The molecule has 0 bridgehead atoms. The fourth-order valence-electron chi connectivity index (χ4n) is 1.14. The van der Waals surface area contributed by atoms with Gasteiger partial charge < -0.3 is 20.8 Å². The fourth-order valence-corrected chi connectivity index (χ4v) is 1.14. The van der Waals surface area contributed by atoms with Gasteiger partial charge in [-0.25, -0.2) is 9.59 Å². The van der Waals surface area contributed by atoms with E-state index in [9.17, 15) is 14.4 Å². The molecule has 1 unspecified atom stereocenters. The SMILES string of the molecule is C#CC(CC)NC(=O)N[C@@H](CCC(=O)O)C(=O)O. The monoisotopic (exact) mass is 256 g/mol. The minimum Gasteiger partial charge on any atom is -0.481 e. The van der Waals surface area contributed by atoms with Crippen molar-refractivity contribution in [1.82, 2.24) is 10.6 Å². The number of nitrogens with one attached hydrogen (secondary N) is 2. The van der Waals surface area contributed by atoms with Crippen LogP contribution in [0.5, 0.6) is 0 Å². The number of carbonyl (C=O) groups is 3. The molecule has 0 aliphatic rings. The fraction of sp³-hybridized carbons (Fsp3) is 0.545. The van der Waals surface area contributed by atoms with Crippen molar-refractivity contribution in [2.24, 2.45) is 0 Å². The minimum absolute atomic E-state index is 0.190. The average molecular weight is 256 g/mol. The lowest BCUT2D eigenvalue weighted by atomic mass is 10.1. The zero-order chi connectivity index (χ0) is 14.1. The summed E-state index contributed by atoms with van der Waals surface area (Å²) in [4.78, 5) is 32.5. The summed E-state index contributed by atoms with van der Waals surface area (Å²) in [5.41, 5.74) is 0. The van der Waals surface area contributed by atoms with Crippen LogP contribution >= 0.6 is 0 Å². The molecule has 2 atom stereocenters. The summed E-state index contributed by atoms with van der Waals surface area (Å²) in [6.07, 6.45) is 5.11. The molecule has 100 valence electrons. The molecule has 0 aliphatic heterocycles. The van der Waals surface area contributed by atoms with Gasteiger partial charge in [0.1, 0.15) is 6.04 Å². The third kappa shape index (κ3) is 6.37. The summed E-state index contributed by atoms with van der Waals surface area (Å²) >= 11 is 0. The van der Waals surface area contributed by atoms with Crippen LogP contribution in [-0.4, -0.2) is 40.3 Å². The van der Waals surface area contributed by atoms with E-state index in [1.807, 2.05) is 0 Å². The Balaban J connectivity index is 4.32. The molecule has 0 fully saturated rings. The van der Waals surface area contributed by atoms with E-state index in [4.69, 9.17) is 16.6 Å². The molecule has 18 heavy (non-hydrogen) atoms. The third-order valence-corrected chi connectivity index (χ3v) is 2.17. The highest BCUT2D eigenvalue weighted by Gasteiger charge is 2.21. The number of terminal acetylenes is 1. The minimum atomic E-state index is -1.29. The van der Waals surface area contributed by atoms with E-state index in [0.29, 0.717) is 6.42 Å². The van der Waals surface area contributed by atoms with E-state index >= 15 is 0 Å². The summed E-state index contributed by atoms with van der Waals surface area (Å²) in [7, 11) is 0. The molecule has 0 saturated heterocycles. The van der Waals surface area contributed by atoms with Crippen LogP contribution in [0.3, 0.4) is 0 Å². The second-order valence-electron chi connectivity index (χ2n) is 3.57. The predicted octanol–water partition coefficient (Wildman–Crippen LogP) is 0.0154. The molecule has 0 aliphatic carbocycles. The third-order valence-electron chi connectivity index (χ3n) is 2.17. The molecular weight excluding hydrogens is 240 g/mol. The maximum Gasteiger partial charge on any atom is 0.326 e. The quantitative estimate of drug-likeness (QED) is 0.479. The standard InChI is InChI=1S/C11H16N2O5/c1-3-7(4-2)12-11(18)13-8(10(16)17)5-6-9(14)15/h1,7-8H,4-6H2,2H3,(H,14,15)(H,16,17)(H2,12,13,18)/t7?,8-/m0/s1. The van der Waals surface area contributed by atoms with Gasteiger partial charge in [0.2, 0.25) is 0 Å². The summed E-state index contributed by atoms with van der Waals surface area (Å²) < 4.78 is 0. The Labute approximate surface area is 105 Å². The lowest BCUT2D eigenvalue weighted by Crippen LogP contribution is -2.48. The van der Waals surface area contributed by atoms with Gasteiger partial charge >= 0.3 is 18.0 Å². The Morgan fingerprint density at radius 3 is 2.28 bits per heavy atom. The lowest BCUT2D eigenvalue weighted by Gasteiger charge is -2.16. The maximum absolute atomic E-state index is 11.4. The molecule has 0 aromatic rings. The molecule has 0 saturated carbocycles. The molecule has 0 aromatic carbocycles. The van der Waals surface area contributed by atoms with Crippen LogP contribution in [0.2, 0.25) is 0 Å². The van der Waals surface area contributed by atoms with Gasteiger partial charge in [0.05, 0.1) is 6.04 Å². The molecule has 0 spiro atoms. The summed E-state index contributed by atoms with van der Waals surface area (Å²) in [6.45, 7) is 1.77. The highest BCUT2D eigenvalue weighted by Crippen LogP contribution is 1.98. The van der Waals surface area contributed by atoms with E-state index in [1.165, 1.54) is 0 Å². The van der Waals surface area contributed by atoms with E-state index in [1.54, 1.807) is 6.92 Å². The van der Waals surface area contributed by atoms with Crippen LogP contribution in [0.4, 0.5) is 4.79 Å². The van der Waals surface area contributed by atoms with Crippen molar-refractivity contribution < 1.29 is 24.6 Å². The normalized spacial score (nSPS) is 12.9. The number of aliphatic carboxylic acids is 2.